The highest BCUT2D eigenvalue weighted by Gasteiger charge is 2.36. The van der Waals surface area contributed by atoms with Crippen molar-refractivity contribution in [2.75, 3.05) is 0 Å². The Morgan fingerprint density at radius 1 is 0.968 bits per heavy atom. The number of rotatable bonds is 8. The number of carbonyl (C=O) groups is 2. The lowest BCUT2D eigenvalue weighted by molar-refractivity contribution is -0.144. The average Bonchev–Trinajstić information content (AvgIpc) is 2.66. The number of nitrogens with one attached hydrogen (secondary N) is 1. The lowest BCUT2D eigenvalue weighted by atomic mass is 9.89. The fraction of sp³-hybridized carbons (Fsp3) is 0.333. The molecular weight excluding hydrogens is 428 g/mol. The van der Waals surface area contributed by atoms with E-state index in [1.807, 2.05) is 0 Å². The Morgan fingerprint density at radius 3 is 2.16 bits per heavy atom. The molecule has 0 radical (unpaired) electrons. The molecule has 0 aliphatic carbocycles. The number of hydrogen-bond acceptors (Lipinski definition) is 2. The molecule has 2 aromatic carbocycles. The second-order valence-electron chi connectivity index (χ2n) is 6.85. The molecule has 0 aromatic heterocycles. The number of aryl methyl sites for hydroxylation is 1. The fourth-order valence-corrected chi connectivity index (χ4v) is 3.02. The highest BCUT2D eigenvalue weighted by atomic mass is 19.4. The first kappa shape index (κ1) is 24.2. The van der Waals surface area contributed by atoms with Gasteiger partial charge in [-0.15, -0.1) is 0 Å². The third-order valence-corrected chi connectivity index (χ3v) is 4.51. The average molecular weight is 447 g/mol. The van der Waals surface area contributed by atoms with E-state index in [2.05, 4.69) is 5.32 Å². The summed E-state index contributed by atoms with van der Waals surface area (Å²) in [6, 6.07) is 10.5. The molecule has 2 N–H and O–H groups in total. The van der Waals surface area contributed by atoms with Crippen molar-refractivity contribution in [2.24, 2.45) is 0 Å². The summed E-state index contributed by atoms with van der Waals surface area (Å²) in [6.07, 6.45) is -11.3. The second kappa shape index (κ2) is 9.84. The molecule has 0 aliphatic heterocycles. The fourth-order valence-electron chi connectivity index (χ4n) is 3.02. The lowest BCUT2D eigenvalue weighted by Crippen LogP contribution is -2.34. The minimum atomic E-state index is -4.82. The Kier molecular flexibility index (Phi) is 7.70. The van der Waals surface area contributed by atoms with Crippen molar-refractivity contribution < 1.29 is 41.0 Å². The Morgan fingerprint density at radius 2 is 1.61 bits per heavy atom. The van der Waals surface area contributed by atoms with Crippen LogP contribution in [0.2, 0.25) is 0 Å². The molecule has 1 unspecified atom stereocenters. The number of amides is 1. The van der Waals surface area contributed by atoms with E-state index in [-0.39, 0.29) is 18.5 Å². The van der Waals surface area contributed by atoms with E-state index in [1.54, 1.807) is 30.3 Å². The first-order valence-electron chi connectivity index (χ1n) is 9.19. The summed E-state index contributed by atoms with van der Waals surface area (Å²) in [5, 5.41) is 11.9. The van der Waals surface area contributed by atoms with Gasteiger partial charge in [-0.2, -0.15) is 26.3 Å². The van der Waals surface area contributed by atoms with Crippen LogP contribution in [0.3, 0.4) is 0 Å². The maximum absolute atomic E-state index is 13.1. The van der Waals surface area contributed by atoms with E-state index in [1.165, 1.54) is 0 Å². The molecule has 4 nitrogen and oxygen atoms in total. The zero-order valence-corrected chi connectivity index (χ0v) is 16.1. The van der Waals surface area contributed by atoms with Crippen LogP contribution in [0.5, 0.6) is 0 Å². The Labute approximate surface area is 173 Å². The third-order valence-electron chi connectivity index (χ3n) is 4.51. The standard InChI is InChI=1S/C21H19F6NO3/c22-20(23,24)10-4-7-14-8-9-15(21(25,26)27)11-16(14)17(19(30)31)18(29)28-12-13-5-2-1-3-6-13/h1-3,5-6,8-9,11,17H,4,7,10,12H2,(H,28,29)(H,30,31). The van der Waals surface area contributed by atoms with Crippen LogP contribution >= 0.6 is 0 Å². The van der Waals surface area contributed by atoms with Gasteiger partial charge in [-0.1, -0.05) is 36.4 Å². The van der Waals surface area contributed by atoms with Gasteiger partial charge in [0.1, 0.15) is 0 Å². The van der Waals surface area contributed by atoms with E-state index in [0.717, 1.165) is 6.07 Å². The summed E-state index contributed by atoms with van der Waals surface area (Å²) in [5.41, 5.74) is -1.09. The van der Waals surface area contributed by atoms with Gasteiger partial charge in [0.05, 0.1) is 5.56 Å². The normalized spacial score (nSPS) is 13.0. The second-order valence-corrected chi connectivity index (χ2v) is 6.85. The molecule has 31 heavy (non-hydrogen) atoms. The van der Waals surface area contributed by atoms with E-state index in [0.29, 0.717) is 17.7 Å². The van der Waals surface area contributed by atoms with Crippen molar-refractivity contribution in [3.63, 3.8) is 0 Å². The molecule has 1 amide bonds. The molecule has 10 heteroatoms. The van der Waals surface area contributed by atoms with Crippen LogP contribution in [0, 0.1) is 0 Å². The van der Waals surface area contributed by atoms with E-state index >= 15 is 0 Å². The largest absolute Gasteiger partial charge is 0.480 e. The van der Waals surface area contributed by atoms with Gasteiger partial charge in [0, 0.05) is 13.0 Å². The van der Waals surface area contributed by atoms with Gasteiger partial charge in [-0.25, -0.2) is 0 Å². The Balaban J connectivity index is 2.34. The predicted octanol–water partition coefficient (Wildman–Crippen LogP) is 5.08. The zero-order valence-electron chi connectivity index (χ0n) is 16.1. The van der Waals surface area contributed by atoms with Gasteiger partial charge >= 0.3 is 18.3 Å². The molecule has 2 rings (SSSR count). The molecule has 0 heterocycles. The van der Waals surface area contributed by atoms with Crippen molar-refractivity contribution in [3.8, 4) is 0 Å². The minimum Gasteiger partial charge on any atom is -0.480 e. The third kappa shape index (κ3) is 7.30. The first-order valence-corrected chi connectivity index (χ1v) is 9.19. The minimum absolute atomic E-state index is 0.0560. The summed E-state index contributed by atoms with van der Waals surface area (Å²) < 4.78 is 76.8. The van der Waals surface area contributed by atoms with E-state index < -0.39 is 54.1 Å². The van der Waals surface area contributed by atoms with E-state index in [9.17, 15) is 41.0 Å². The maximum Gasteiger partial charge on any atom is 0.416 e. The van der Waals surface area contributed by atoms with Crippen LogP contribution in [0.1, 0.15) is 41.0 Å². The summed E-state index contributed by atoms with van der Waals surface area (Å²) in [7, 11) is 0. The van der Waals surface area contributed by atoms with Crippen LogP contribution in [-0.4, -0.2) is 23.2 Å². The van der Waals surface area contributed by atoms with Crippen LogP contribution in [0.4, 0.5) is 26.3 Å². The number of alkyl halides is 6. The van der Waals surface area contributed by atoms with E-state index in [4.69, 9.17) is 0 Å². The summed E-state index contributed by atoms with van der Waals surface area (Å²) in [6.45, 7) is -0.0637. The van der Waals surface area contributed by atoms with Crippen molar-refractivity contribution in [3.05, 3.63) is 70.8 Å². The Bertz CT molecular complexity index is 910. The molecule has 0 aliphatic rings. The van der Waals surface area contributed by atoms with Gasteiger partial charge in [0.25, 0.3) is 0 Å². The smallest absolute Gasteiger partial charge is 0.416 e. The number of benzene rings is 2. The van der Waals surface area contributed by atoms with Gasteiger partial charge in [0.2, 0.25) is 5.91 Å². The van der Waals surface area contributed by atoms with Crippen LogP contribution < -0.4 is 5.32 Å². The summed E-state index contributed by atoms with van der Waals surface area (Å²) in [5.74, 6) is -4.78. The Hall–Kier alpha value is -3.04. The van der Waals surface area contributed by atoms with Crippen molar-refractivity contribution in [1.82, 2.24) is 5.32 Å². The number of halogens is 6. The number of hydrogen-bond donors (Lipinski definition) is 2. The molecule has 0 saturated carbocycles. The van der Waals surface area contributed by atoms with Gasteiger partial charge in [-0.3, -0.25) is 9.59 Å². The van der Waals surface area contributed by atoms with Crippen molar-refractivity contribution in [2.45, 2.75) is 44.1 Å². The van der Waals surface area contributed by atoms with Crippen molar-refractivity contribution >= 4 is 11.9 Å². The van der Waals surface area contributed by atoms with Crippen LogP contribution in [-0.2, 0) is 28.7 Å². The lowest BCUT2D eigenvalue weighted by Gasteiger charge is -2.19. The van der Waals surface area contributed by atoms with Gasteiger partial charge in [-0.05, 0) is 41.7 Å². The molecule has 0 fully saturated rings. The monoisotopic (exact) mass is 447 g/mol. The molecule has 0 spiro atoms. The van der Waals surface area contributed by atoms with Gasteiger partial charge in [0.15, 0.2) is 5.92 Å². The number of aliphatic carboxylic acids is 1. The number of carboxylic acid groups (broad SMARTS) is 1. The molecule has 2 aromatic rings. The quantitative estimate of drug-likeness (QED) is 0.439. The number of carbonyl (C=O) groups excluding carboxylic acids is 1. The molecule has 0 saturated heterocycles. The van der Waals surface area contributed by atoms with Crippen LogP contribution in [0.15, 0.2) is 48.5 Å². The SMILES string of the molecule is O=C(O)C(C(=O)NCc1ccccc1)c1cc(C(F)(F)F)ccc1CCCC(F)(F)F. The summed E-state index contributed by atoms with van der Waals surface area (Å²) in [4.78, 5) is 24.3. The van der Waals surface area contributed by atoms with Gasteiger partial charge < -0.3 is 10.4 Å². The highest BCUT2D eigenvalue weighted by molar-refractivity contribution is 6.03. The molecule has 0 bridgehead atoms. The highest BCUT2D eigenvalue weighted by Crippen LogP contribution is 2.34. The topological polar surface area (TPSA) is 66.4 Å². The first-order chi connectivity index (χ1) is 14.4. The predicted molar refractivity (Wildman–Crippen MR) is 99.1 cm³/mol. The molecular formula is C21H19F6NO3. The zero-order chi connectivity index (χ0) is 23.2. The number of carboxylic acids is 1. The van der Waals surface area contributed by atoms with Crippen LogP contribution in [0.25, 0.3) is 0 Å². The summed E-state index contributed by atoms with van der Waals surface area (Å²) >= 11 is 0. The van der Waals surface area contributed by atoms with Crippen molar-refractivity contribution in [1.29, 1.82) is 0 Å². The molecule has 1 atom stereocenters. The molecule has 168 valence electrons. The maximum atomic E-state index is 13.1.